The summed E-state index contributed by atoms with van der Waals surface area (Å²) in [7, 11) is -3.28. The normalized spacial score (nSPS) is 12.6. The van der Waals surface area contributed by atoms with Gasteiger partial charge in [0.1, 0.15) is 18.3 Å². The van der Waals surface area contributed by atoms with Crippen LogP contribution in [0.5, 0.6) is 5.75 Å². The molecule has 1 N–H and O–H groups in total. The predicted molar refractivity (Wildman–Crippen MR) is 174 cm³/mol. The first-order chi connectivity index (χ1) is 21.2. The summed E-state index contributed by atoms with van der Waals surface area (Å²) in [4.78, 5) is 39.7. The van der Waals surface area contributed by atoms with Crippen LogP contribution in [0.1, 0.15) is 50.3 Å². The van der Waals surface area contributed by atoms with Crippen molar-refractivity contribution in [2.45, 2.75) is 71.0 Å². The number of aryl methyl sites for hydroxylation is 2. The van der Waals surface area contributed by atoms with Crippen LogP contribution in [0, 0.1) is 24.0 Å². The molecular weight excluding hydrogens is 620 g/mol. The molecule has 0 bridgehead atoms. The van der Waals surface area contributed by atoms with E-state index < -0.39 is 44.0 Å². The number of hydrogen-bond donors (Lipinski definition) is 1. The van der Waals surface area contributed by atoms with Crippen LogP contribution < -0.4 is 14.4 Å². The fourth-order valence-corrected chi connectivity index (χ4v) is 6.30. The number of carbonyl (C=O) groups excluding carboxylic acids is 2. The Morgan fingerprint density at radius 2 is 1.69 bits per heavy atom. The molecule has 242 valence electrons. The third kappa shape index (κ3) is 8.52. The Morgan fingerprint density at radius 3 is 2.27 bits per heavy atom. The number of methoxy groups -OCH3 is 1. The molecule has 0 unspecified atom stereocenters. The van der Waals surface area contributed by atoms with E-state index in [0.29, 0.717) is 6.42 Å². The van der Waals surface area contributed by atoms with Crippen LogP contribution in [0.15, 0.2) is 65.6 Å². The second kappa shape index (κ2) is 15.2. The summed E-state index contributed by atoms with van der Waals surface area (Å²) in [5.74, 6) is -0.936. The summed E-state index contributed by atoms with van der Waals surface area (Å²) in [5, 5.41) is 14.8. The first kappa shape index (κ1) is 35.3. The number of nitrogens with one attached hydrogen (secondary N) is 1. The highest BCUT2D eigenvalue weighted by Crippen LogP contribution is 2.36. The quantitative estimate of drug-likeness (QED) is 0.171. The lowest BCUT2D eigenvalue weighted by Crippen LogP contribution is -2.53. The van der Waals surface area contributed by atoms with Crippen molar-refractivity contribution in [2.24, 2.45) is 0 Å². The van der Waals surface area contributed by atoms with Crippen LogP contribution in [0.3, 0.4) is 0 Å². The molecule has 3 aromatic rings. The first-order valence-electron chi connectivity index (χ1n) is 14.5. The molecule has 11 nitrogen and oxygen atoms in total. The lowest BCUT2D eigenvalue weighted by molar-refractivity contribution is -0.385. The van der Waals surface area contributed by atoms with Gasteiger partial charge in [-0.1, -0.05) is 61.3 Å². The minimum absolute atomic E-state index is 0.0299. The van der Waals surface area contributed by atoms with Crippen LogP contribution in [-0.2, 0) is 26.2 Å². The molecule has 0 aromatic heterocycles. The molecule has 0 saturated carbocycles. The average molecular weight is 659 g/mol. The molecule has 0 aliphatic rings. The number of amides is 2. The molecule has 45 heavy (non-hydrogen) atoms. The van der Waals surface area contributed by atoms with Gasteiger partial charge in [0, 0.05) is 29.2 Å². The molecule has 3 rings (SSSR count). The fourth-order valence-electron chi connectivity index (χ4n) is 4.70. The Labute approximate surface area is 269 Å². The maximum Gasteiger partial charge on any atom is 0.273 e. The molecule has 0 aliphatic heterocycles. The summed E-state index contributed by atoms with van der Waals surface area (Å²) in [6, 6.07) is 14.2. The number of sulfonamides is 1. The number of rotatable bonds is 14. The van der Waals surface area contributed by atoms with E-state index in [-0.39, 0.29) is 46.9 Å². The largest absolute Gasteiger partial charge is 0.495 e. The standard InChI is InChI=1S/C32H39ClN4O7S/c1-7-23(5)34-32(39)27(8-2)35(19-24-12-9-21(3)10-13-24)31(38)20-36(29-17-25(33)14-16-30(29)44-6)45(42,43)26-15-11-22(4)28(18-26)37(40)41/h9-18,23,27H,7-8,19-20H2,1-6H3,(H,34,39)/t23-,27-/m0/s1. The van der Waals surface area contributed by atoms with Gasteiger partial charge >= 0.3 is 0 Å². The summed E-state index contributed by atoms with van der Waals surface area (Å²) in [6.45, 7) is 8.26. The van der Waals surface area contributed by atoms with E-state index >= 15 is 0 Å². The summed E-state index contributed by atoms with van der Waals surface area (Å²) in [5.41, 5.74) is 1.58. The minimum Gasteiger partial charge on any atom is -0.495 e. The van der Waals surface area contributed by atoms with Crippen molar-refractivity contribution in [1.82, 2.24) is 10.2 Å². The molecule has 13 heteroatoms. The van der Waals surface area contributed by atoms with Gasteiger partial charge in [-0.05, 0) is 63.4 Å². The van der Waals surface area contributed by atoms with E-state index in [2.05, 4.69) is 5.32 Å². The van der Waals surface area contributed by atoms with Crippen LogP contribution in [0.4, 0.5) is 11.4 Å². The molecule has 2 amide bonds. The smallest absolute Gasteiger partial charge is 0.273 e. The number of halogens is 1. The van der Waals surface area contributed by atoms with Gasteiger partial charge in [0.05, 0.1) is 22.6 Å². The third-order valence-corrected chi connectivity index (χ3v) is 9.51. The number of nitrogens with zero attached hydrogens (tertiary/aromatic N) is 3. The Morgan fingerprint density at radius 1 is 1.02 bits per heavy atom. The zero-order chi connectivity index (χ0) is 33.5. The monoisotopic (exact) mass is 658 g/mol. The number of nitro benzene ring substituents is 1. The van der Waals surface area contributed by atoms with Crippen molar-refractivity contribution in [1.29, 1.82) is 0 Å². The maximum atomic E-state index is 14.3. The van der Waals surface area contributed by atoms with Crippen molar-refractivity contribution < 1.29 is 27.7 Å². The average Bonchev–Trinajstić information content (AvgIpc) is 3.00. The van der Waals surface area contributed by atoms with E-state index in [9.17, 15) is 28.1 Å². The Kier molecular flexibility index (Phi) is 11.9. The minimum atomic E-state index is -4.62. The van der Waals surface area contributed by atoms with Crippen LogP contribution in [-0.4, -0.2) is 55.8 Å². The summed E-state index contributed by atoms with van der Waals surface area (Å²) in [6.07, 6.45) is 0.939. The van der Waals surface area contributed by atoms with Crippen molar-refractivity contribution in [3.8, 4) is 5.75 Å². The second-order valence-electron chi connectivity index (χ2n) is 10.8. The first-order valence-corrected chi connectivity index (χ1v) is 16.3. The number of nitro groups is 1. The lowest BCUT2D eigenvalue weighted by Gasteiger charge is -2.34. The Balaban J connectivity index is 2.18. The summed E-state index contributed by atoms with van der Waals surface area (Å²) < 4.78 is 34.8. The van der Waals surface area contributed by atoms with Gasteiger partial charge in [0.25, 0.3) is 15.7 Å². The van der Waals surface area contributed by atoms with Crippen molar-refractivity contribution in [3.63, 3.8) is 0 Å². The zero-order valence-electron chi connectivity index (χ0n) is 26.2. The molecule has 0 aliphatic carbocycles. The number of anilines is 1. The number of carbonyl (C=O) groups is 2. The number of hydrogen-bond acceptors (Lipinski definition) is 7. The van der Waals surface area contributed by atoms with E-state index in [1.807, 2.05) is 45.0 Å². The fraction of sp³-hybridized carbons (Fsp3) is 0.375. The van der Waals surface area contributed by atoms with E-state index in [4.69, 9.17) is 16.3 Å². The van der Waals surface area contributed by atoms with Gasteiger partial charge in [-0.3, -0.25) is 24.0 Å². The maximum absolute atomic E-state index is 14.3. The van der Waals surface area contributed by atoms with E-state index in [1.165, 1.54) is 49.3 Å². The van der Waals surface area contributed by atoms with Crippen molar-refractivity contribution >= 4 is 44.8 Å². The zero-order valence-corrected chi connectivity index (χ0v) is 27.8. The molecule has 2 atom stereocenters. The van der Waals surface area contributed by atoms with Crippen LogP contribution in [0.25, 0.3) is 0 Å². The molecule has 3 aromatic carbocycles. The third-order valence-electron chi connectivity index (χ3n) is 7.51. The van der Waals surface area contributed by atoms with Gasteiger partial charge in [-0.25, -0.2) is 8.42 Å². The SMILES string of the molecule is CC[C@H](C)NC(=O)[C@H](CC)N(Cc1ccc(C)cc1)C(=O)CN(c1cc(Cl)ccc1OC)S(=O)(=O)c1ccc(C)c([N+](=O)[O-])c1. The molecule has 0 fully saturated rings. The van der Waals surface area contributed by atoms with Gasteiger partial charge in [0.15, 0.2) is 0 Å². The molecule has 0 radical (unpaired) electrons. The van der Waals surface area contributed by atoms with E-state index in [0.717, 1.165) is 21.5 Å². The predicted octanol–water partition coefficient (Wildman–Crippen LogP) is 5.79. The molecular formula is C32H39ClN4O7S. The number of benzene rings is 3. The van der Waals surface area contributed by atoms with E-state index in [1.54, 1.807) is 6.92 Å². The highest BCUT2D eigenvalue weighted by molar-refractivity contribution is 7.92. The van der Waals surface area contributed by atoms with Crippen molar-refractivity contribution in [2.75, 3.05) is 18.0 Å². The topological polar surface area (TPSA) is 139 Å². The number of ether oxygens (including phenoxy) is 1. The Bertz CT molecular complexity index is 1650. The molecule has 0 spiro atoms. The highest BCUT2D eigenvalue weighted by atomic mass is 35.5. The highest BCUT2D eigenvalue weighted by Gasteiger charge is 2.36. The van der Waals surface area contributed by atoms with Gasteiger partial charge in [-0.15, -0.1) is 0 Å². The molecule has 0 heterocycles. The summed E-state index contributed by atoms with van der Waals surface area (Å²) >= 11 is 6.28. The molecule has 0 saturated heterocycles. The van der Waals surface area contributed by atoms with Crippen LogP contribution in [0.2, 0.25) is 5.02 Å². The Hall–Kier alpha value is -4.16. The second-order valence-corrected chi connectivity index (χ2v) is 13.1. The van der Waals surface area contributed by atoms with Gasteiger partial charge < -0.3 is 15.0 Å². The van der Waals surface area contributed by atoms with Crippen molar-refractivity contribution in [3.05, 3.63) is 92.5 Å². The van der Waals surface area contributed by atoms with Crippen LogP contribution >= 0.6 is 11.6 Å². The lowest BCUT2D eigenvalue weighted by atomic mass is 10.1. The van der Waals surface area contributed by atoms with Gasteiger partial charge in [-0.2, -0.15) is 0 Å². The van der Waals surface area contributed by atoms with Gasteiger partial charge in [0.2, 0.25) is 11.8 Å².